The highest BCUT2D eigenvalue weighted by molar-refractivity contribution is 9.18. The number of rotatable bonds is 3. The molecule has 0 amide bonds. The number of aryl methyl sites for hydroxylation is 1. The first-order valence-electron chi connectivity index (χ1n) is 7.26. The number of hydrogen-bond donors (Lipinski definition) is 1. The Hall–Kier alpha value is -2.02. The Morgan fingerprint density at radius 3 is 2.67 bits per heavy atom. The molecule has 1 unspecified atom stereocenters. The molecule has 0 saturated heterocycles. The van der Waals surface area contributed by atoms with Crippen LogP contribution >= 0.6 is 15.9 Å². The maximum Gasteiger partial charge on any atom is 0.416 e. The van der Waals surface area contributed by atoms with Crippen molar-refractivity contribution in [2.75, 3.05) is 5.32 Å². The van der Waals surface area contributed by atoms with Crippen LogP contribution in [0, 0.1) is 6.92 Å². The summed E-state index contributed by atoms with van der Waals surface area (Å²) in [6, 6.07) is 10.8. The van der Waals surface area contributed by atoms with Crippen molar-refractivity contribution in [1.82, 2.24) is 0 Å². The van der Waals surface area contributed by atoms with Crippen LogP contribution in [0.3, 0.4) is 0 Å². The van der Waals surface area contributed by atoms with Crippen LogP contribution in [0.2, 0.25) is 0 Å². The fourth-order valence-electron chi connectivity index (χ4n) is 2.43. The van der Waals surface area contributed by atoms with Gasteiger partial charge < -0.3 is 10.2 Å². The molecule has 7 heteroatoms. The van der Waals surface area contributed by atoms with E-state index in [0.717, 1.165) is 33.6 Å². The molecule has 1 N–H and O–H groups in total. The fourth-order valence-corrected chi connectivity index (χ4v) is 2.81. The van der Waals surface area contributed by atoms with Gasteiger partial charge in [-0.3, -0.25) is 0 Å². The lowest BCUT2D eigenvalue weighted by molar-refractivity contribution is -0.137. The molecule has 0 aliphatic carbocycles. The summed E-state index contributed by atoms with van der Waals surface area (Å²) >= 11 is 3.29. The molecule has 2 aromatic carbocycles. The Morgan fingerprint density at radius 1 is 1.21 bits per heavy atom. The van der Waals surface area contributed by atoms with Crippen LogP contribution in [0.4, 0.5) is 24.5 Å². The Labute approximate surface area is 145 Å². The third-order valence-corrected chi connectivity index (χ3v) is 4.20. The summed E-state index contributed by atoms with van der Waals surface area (Å²) in [5.41, 5.74) is 2.27. The first-order valence-corrected chi connectivity index (χ1v) is 8.05. The van der Waals surface area contributed by atoms with Crippen LogP contribution in [0.1, 0.15) is 29.2 Å². The summed E-state index contributed by atoms with van der Waals surface area (Å²) in [6.07, 6.45) is -3.93. The molecule has 1 aliphatic heterocycles. The number of hydrogen-bond acceptors (Lipinski definition) is 3. The van der Waals surface area contributed by atoms with Crippen molar-refractivity contribution in [3.05, 3.63) is 59.2 Å². The van der Waals surface area contributed by atoms with E-state index >= 15 is 0 Å². The van der Waals surface area contributed by atoms with E-state index in [9.17, 15) is 13.2 Å². The van der Waals surface area contributed by atoms with Gasteiger partial charge in [0.05, 0.1) is 5.56 Å². The number of halogens is 4. The second kappa shape index (κ2) is 6.47. The molecule has 2 aromatic rings. The summed E-state index contributed by atoms with van der Waals surface area (Å²) in [5, 5.41) is 6.91. The lowest BCUT2D eigenvalue weighted by Gasteiger charge is -2.15. The van der Waals surface area contributed by atoms with Crippen LogP contribution < -0.4 is 5.32 Å². The van der Waals surface area contributed by atoms with Gasteiger partial charge in [-0.2, -0.15) is 13.2 Å². The Kier molecular flexibility index (Phi) is 4.54. The van der Waals surface area contributed by atoms with E-state index in [1.54, 1.807) is 6.07 Å². The minimum Gasteiger partial charge on any atom is -0.386 e. The van der Waals surface area contributed by atoms with Crippen molar-refractivity contribution >= 4 is 31.9 Å². The van der Waals surface area contributed by atoms with Crippen molar-refractivity contribution in [3.63, 3.8) is 0 Å². The maximum absolute atomic E-state index is 12.8. The number of benzene rings is 2. The molecule has 0 saturated carbocycles. The van der Waals surface area contributed by atoms with Crippen molar-refractivity contribution in [2.45, 2.75) is 25.6 Å². The smallest absolute Gasteiger partial charge is 0.386 e. The van der Waals surface area contributed by atoms with Gasteiger partial charge in [-0.1, -0.05) is 23.4 Å². The number of oxime groups is 1. The van der Waals surface area contributed by atoms with Gasteiger partial charge in [0, 0.05) is 17.8 Å². The molecule has 3 rings (SSSR count). The third-order valence-electron chi connectivity index (χ3n) is 3.74. The Bertz CT molecular complexity index is 790. The van der Waals surface area contributed by atoms with Crippen molar-refractivity contribution < 1.29 is 18.0 Å². The molecule has 126 valence electrons. The van der Waals surface area contributed by atoms with Gasteiger partial charge in [0.2, 0.25) is 0 Å². The normalized spacial score (nSPS) is 17.4. The van der Waals surface area contributed by atoms with Crippen molar-refractivity contribution in [1.29, 1.82) is 0 Å². The molecule has 1 aliphatic rings. The zero-order valence-electron chi connectivity index (χ0n) is 12.7. The first-order chi connectivity index (χ1) is 11.3. The molecule has 1 atom stereocenters. The molecule has 3 nitrogen and oxygen atoms in total. The average Bonchev–Trinajstić information content (AvgIpc) is 2.95. The van der Waals surface area contributed by atoms with E-state index in [-0.39, 0.29) is 6.10 Å². The molecule has 0 aromatic heterocycles. The molecule has 0 radical (unpaired) electrons. The van der Waals surface area contributed by atoms with Crippen LogP contribution in [-0.4, -0.2) is 4.62 Å². The number of alkyl halides is 3. The van der Waals surface area contributed by atoms with Crippen LogP contribution in [0.5, 0.6) is 0 Å². The predicted octanol–water partition coefficient (Wildman–Crippen LogP) is 5.93. The second-order valence-electron chi connectivity index (χ2n) is 5.54. The van der Waals surface area contributed by atoms with E-state index in [1.807, 2.05) is 25.1 Å². The van der Waals surface area contributed by atoms with Crippen LogP contribution in [-0.2, 0) is 11.0 Å². The minimum absolute atomic E-state index is 0.193. The fraction of sp³-hybridized carbons (Fsp3) is 0.235. The molecule has 0 spiro atoms. The lowest BCUT2D eigenvalue weighted by Crippen LogP contribution is -2.05. The molecule has 0 fully saturated rings. The third kappa shape index (κ3) is 3.72. The predicted molar refractivity (Wildman–Crippen MR) is 90.7 cm³/mol. The SMILES string of the molecule is Cc1ccc(C2CC(Br)=NO2)cc1Nc1cccc(C(F)(F)F)c1. The number of nitrogens with zero attached hydrogens (tertiary/aromatic N) is 1. The van der Waals surface area contributed by atoms with Crippen molar-refractivity contribution in [2.24, 2.45) is 5.16 Å². The van der Waals surface area contributed by atoms with Gasteiger partial charge >= 0.3 is 6.18 Å². The largest absolute Gasteiger partial charge is 0.416 e. The highest BCUT2D eigenvalue weighted by Gasteiger charge is 2.30. The highest BCUT2D eigenvalue weighted by Crippen LogP contribution is 2.34. The quantitative estimate of drug-likeness (QED) is 0.695. The van der Waals surface area contributed by atoms with E-state index in [4.69, 9.17) is 4.84 Å². The monoisotopic (exact) mass is 398 g/mol. The molecule has 0 bridgehead atoms. The highest BCUT2D eigenvalue weighted by atomic mass is 79.9. The molecular formula is C17H14BrF3N2O. The summed E-state index contributed by atoms with van der Waals surface area (Å²) in [4.78, 5) is 5.32. The Balaban J connectivity index is 1.85. The maximum atomic E-state index is 12.8. The van der Waals surface area contributed by atoms with E-state index < -0.39 is 11.7 Å². The van der Waals surface area contributed by atoms with E-state index in [2.05, 4.69) is 26.4 Å². The number of anilines is 2. The topological polar surface area (TPSA) is 33.6 Å². The summed E-state index contributed by atoms with van der Waals surface area (Å²) < 4.78 is 39.2. The van der Waals surface area contributed by atoms with Crippen LogP contribution in [0.25, 0.3) is 0 Å². The number of nitrogens with one attached hydrogen (secondary N) is 1. The van der Waals surface area contributed by atoms with Gasteiger partial charge in [0.25, 0.3) is 0 Å². The van der Waals surface area contributed by atoms with E-state index in [1.165, 1.54) is 6.07 Å². The summed E-state index contributed by atoms with van der Waals surface area (Å²) in [5.74, 6) is 0. The van der Waals surface area contributed by atoms with Gasteiger partial charge in [-0.05, 0) is 58.2 Å². The molecule has 1 heterocycles. The zero-order chi connectivity index (χ0) is 17.3. The first kappa shape index (κ1) is 16.8. The zero-order valence-corrected chi connectivity index (χ0v) is 14.3. The summed E-state index contributed by atoms with van der Waals surface area (Å²) in [6.45, 7) is 1.89. The van der Waals surface area contributed by atoms with Crippen LogP contribution in [0.15, 0.2) is 47.6 Å². The second-order valence-corrected chi connectivity index (χ2v) is 6.46. The van der Waals surface area contributed by atoms with Crippen molar-refractivity contribution in [3.8, 4) is 0 Å². The van der Waals surface area contributed by atoms with Gasteiger partial charge in [0.1, 0.15) is 4.62 Å². The minimum atomic E-state index is -4.37. The van der Waals surface area contributed by atoms with Gasteiger partial charge in [-0.25, -0.2) is 0 Å². The van der Waals surface area contributed by atoms with Gasteiger partial charge in [-0.15, -0.1) is 0 Å². The standard InChI is InChI=1S/C17H14BrF3N2O/c1-10-5-6-11(15-9-16(18)23-24-15)7-14(10)22-13-4-2-3-12(8-13)17(19,20)21/h2-8,15,22H,9H2,1H3. The molecular weight excluding hydrogens is 385 g/mol. The lowest BCUT2D eigenvalue weighted by atomic mass is 10.0. The average molecular weight is 399 g/mol. The Morgan fingerprint density at radius 2 is 2.00 bits per heavy atom. The van der Waals surface area contributed by atoms with E-state index in [0.29, 0.717) is 12.1 Å². The molecule has 24 heavy (non-hydrogen) atoms. The van der Waals surface area contributed by atoms with Gasteiger partial charge in [0.15, 0.2) is 6.10 Å². The summed E-state index contributed by atoms with van der Waals surface area (Å²) in [7, 11) is 0.